The number of carbonyl (C=O) groups excluding carboxylic acids is 2. The maximum Gasteiger partial charge on any atom is 0.337 e. The summed E-state index contributed by atoms with van der Waals surface area (Å²) in [7, 11) is 0. The SMILES string of the molecule is CCCCCCCC(=O)CCCCCCC=C[C@H](C(=O)N[C@@H](Cc1ccc(Oc2ccc(F)cc2)cc1)C(=O)O)[C@@](O)(CC(=O)O)C(=O)O. The molecular weight excluding hydrogens is 637 g/mol. The second-order valence-corrected chi connectivity index (χ2v) is 12.2. The van der Waals surface area contributed by atoms with Crippen LogP contribution in [-0.2, 0) is 30.4 Å². The molecule has 0 aliphatic carbocycles. The quantitative estimate of drug-likeness (QED) is 0.0573. The highest BCUT2D eigenvalue weighted by atomic mass is 19.1. The molecule has 2 aromatic rings. The Bertz CT molecular complexity index is 1390. The average Bonchev–Trinajstić information content (AvgIpc) is 3.04. The van der Waals surface area contributed by atoms with Gasteiger partial charge in [0.1, 0.15) is 29.1 Å². The fraction of sp³-hybridized carbons (Fsp3) is 0.486. The summed E-state index contributed by atoms with van der Waals surface area (Å²) in [5.74, 6) is -7.53. The number of carboxylic acid groups (broad SMARTS) is 3. The van der Waals surface area contributed by atoms with Crippen LogP contribution < -0.4 is 10.1 Å². The maximum absolute atomic E-state index is 13.3. The molecule has 0 spiro atoms. The lowest BCUT2D eigenvalue weighted by molar-refractivity contribution is -0.172. The van der Waals surface area contributed by atoms with Gasteiger partial charge < -0.3 is 30.5 Å². The molecule has 2 aromatic carbocycles. The number of hydrogen-bond acceptors (Lipinski definition) is 7. The van der Waals surface area contributed by atoms with Crippen LogP contribution in [0.5, 0.6) is 11.5 Å². The van der Waals surface area contributed by atoms with E-state index in [0.29, 0.717) is 42.7 Å². The summed E-state index contributed by atoms with van der Waals surface area (Å²) in [6.07, 6.45) is 11.0. The zero-order valence-electron chi connectivity index (χ0n) is 27.9. The summed E-state index contributed by atoms with van der Waals surface area (Å²) in [6, 6.07) is 10.0. The van der Waals surface area contributed by atoms with Gasteiger partial charge in [0, 0.05) is 19.3 Å². The first-order chi connectivity index (χ1) is 23.3. The molecule has 49 heavy (non-hydrogen) atoms. The minimum Gasteiger partial charge on any atom is -0.481 e. The highest BCUT2D eigenvalue weighted by Crippen LogP contribution is 2.26. The van der Waals surface area contributed by atoms with Crippen LogP contribution in [0.15, 0.2) is 60.7 Å². The molecule has 1 amide bonds. The van der Waals surface area contributed by atoms with Crippen molar-refractivity contribution in [2.75, 3.05) is 0 Å². The third-order valence-electron chi connectivity index (χ3n) is 8.08. The summed E-state index contributed by atoms with van der Waals surface area (Å²) in [5, 5.41) is 42.1. The van der Waals surface area contributed by atoms with Crippen molar-refractivity contribution in [2.24, 2.45) is 5.92 Å². The fourth-order valence-corrected chi connectivity index (χ4v) is 5.26. The first-order valence-electron chi connectivity index (χ1n) is 16.8. The first kappa shape index (κ1) is 40.6. The van der Waals surface area contributed by atoms with E-state index in [-0.39, 0.29) is 12.2 Å². The van der Waals surface area contributed by atoms with E-state index in [9.17, 15) is 48.8 Å². The van der Waals surface area contributed by atoms with E-state index >= 15 is 0 Å². The van der Waals surface area contributed by atoms with Gasteiger partial charge in [0.2, 0.25) is 5.91 Å². The molecule has 12 heteroatoms. The summed E-state index contributed by atoms with van der Waals surface area (Å²) in [6.45, 7) is 2.14. The van der Waals surface area contributed by atoms with Crippen LogP contribution in [-0.4, -0.2) is 61.7 Å². The summed E-state index contributed by atoms with van der Waals surface area (Å²) < 4.78 is 18.8. The number of ether oxygens (including phenoxy) is 1. The Kier molecular flexibility index (Phi) is 17.7. The van der Waals surface area contributed by atoms with E-state index < -0.39 is 53.6 Å². The van der Waals surface area contributed by atoms with Crippen LogP contribution in [0.3, 0.4) is 0 Å². The third kappa shape index (κ3) is 15.0. The van der Waals surface area contributed by atoms with Crippen LogP contribution in [0.2, 0.25) is 0 Å². The van der Waals surface area contributed by atoms with Crippen LogP contribution >= 0.6 is 0 Å². The van der Waals surface area contributed by atoms with E-state index in [1.165, 1.54) is 36.8 Å². The smallest absolute Gasteiger partial charge is 0.337 e. The number of rotatable bonds is 25. The van der Waals surface area contributed by atoms with Gasteiger partial charge in [-0.1, -0.05) is 69.7 Å². The van der Waals surface area contributed by atoms with Crippen LogP contribution in [0.25, 0.3) is 0 Å². The topological polar surface area (TPSA) is 188 Å². The molecule has 5 N–H and O–H groups in total. The van der Waals surface area contributed by atoms with Gasteiger partial charge in [-0.3, -0.25) is 14.4 Å². The largest absolute Gasteiger partial charge is 0.481 e. The zero-order chi connectivity index (χ0) is 36.2. The van der Waals surface area contributed by atoms with Gasteiger partial charge in [-0.25, -0.2) is 14.0 Å². The molecule has 0 fully saturated rings. The normalized spacial score (nSPS) is 13.7. The van der Waals surface area contributed by atoms with Crippen LogP contribution in [0, 0.1) is 11.7 Å². The molecule has 0 aliphatic heterocycles. The van der Waals surface area contributed by atoms with E-state index in [1.54, 1.807) is 24.3 Å². The van der Waals surface area contributed by atoms with Crippen molar-refractivity contribution < 1.29 is 53.5 Å². The molecular formula is C37H48FNO10. The van der Waals surface area contributed by atoms with Crippen molar-refractivity contribution in [3.63, 3.8) is 0 Å². The van der Waals surface area contributed by atoms with E-state index in [1.807, 2.05) is 0 Å². The molecule has 0 bridgehead atoms. The van der Waals surface area contributed by atoms with Gasteiger partial charge in [-0.15, -0.1) is 0 Å². The Hall–Kier alpha value is -4.58. The lowest BCUT2D eigenvalue weighted by Crippen LogP contribution is -2.55. The number of carboxylic acids is 3. The molecule has 0 saturated heterocycles. The number of carbonyl (C=O) groups is 5. The lowest BCUT2D eigenvalue weighted by atomic mass is 9.82. The number of benzene rings is 2. The van der Waals surface area contributed by atoms with Gasteiger partial charge in [0.05, 0.1) is 12.3 Å². The molecule has 0 unspecified atom stereocenters. The number of Topliss-reactive ketones (excluding diaryl/α,β-unsaturated/α-hetero) is 1. The minimum atomic E-state index is -3.05. The van der Waals surface area contributed by atoms with Crippen molar-refractivity contribution in [1.29, 1.82) is 0 Å². The standard InChI is InChI=1S/C37H48FNO10/c1-2-3-4-7-10-13-28(40)14-11-8-5-6-9-12-15-31(37(48,36(46)47)25-33(41)42)34(43)39-32(35(44)45)24-26-16-20-29(21-17-26)49-30-22-18-27(38)19-23-30/h12,15-23,31-32,48H,2-11,13-14,24-25H2,1H3,(H,39,43)(H,41,42)(H,44,45)(H,46,47)/t31-,32+,37+/m1/s1. The molecule has 0 radical (unpaired) electrons. The molecule has 268 valence electrons. The Morgan fingerprint density at radius 1 is 0.816 bits per heavy atom. The molecule has 0 saturated carbocycles. The predicted octanol–water partition coefficient (Wildman–Crippen LogP) is 6.46. The number of halogens is 1. The number of amides is 1. The number of ketones is 1. The van der Waals surface area contributed by atoms with Gasteiger partial charge in [0.25, 0.3) is 0 Å². The lowest BCUT2D eigenvalue weighted by Gasteiger charge is -2.29. The Morgan fingerprint density at radius 2 is 1.37 bits per heavy atom. The number of aliphatic hydroxyl groups is 1. The highest BCUT2D eigenvalue weighted by molar-refractivity contribution is 5.94. The van der Waals surface area contributed by atoms with E-state index in [2.05, 4.69) is 12.2 Å². The average molecular weight is 686 g/mol. The van der Waals surface area contributed by atoms with Gasteiger partial charge in [-0.2, -0.15) is 0 Å². The molecule has 3 atom stereocenters. The summed E-state index contributed by atoms with van der Waals surface area (Å²) >= 11 is 0. The highest BCUT2D eigenvalue weighted by Gasteiger charge is 2.49. The Balaban J connectivity index is 2.01. The number of allylic oxidation sites excluding steroid dienone is 1. The molecule has 0 aromatic heterocycles. The number of unbranched alkanes of at least 4 members (excludes halogenated alkanes) is 8. The molecule has 0 heterocycles. The second kappa shape index (κ2) is 21.4. The predicted molar refractivity (Wildman–Crippen MR) is 180 cm³/mol. The second-order valence-electron chi connectivity index (χ2n) is 12.2. The van der Waals surface area contributed by atoms with Crippen molar-refractivity contribution in [3.8, 4) is 11.5 Å². The van der Waals surface area contributed by atoms with Crippen molar-refractivity contribution in [3.05, 3.63) is 72.1 Å². The van der Waals surface area contributed by atoms with Crippen molar-refractivity contribution in [2.45, 2.75) is 108 Å². The van der Waals surface area contributed by atoms with Gasteiger partial charge in [-0.05, 0) is 67.6 Å². The Labute approximate surface area is 286 Å². The van der Waals surface area contributed by atoms with E-state index in [4.69, 9.17) is 4.74 Å². The molecule has 0 aliphatic rings. The number of nitrogens with one attached hydrogen (secondary N) is 1. The van der Waals surface area contributed by atoms with E-state index in [0.717, 1.165) is 51.0 Å². The van der Waals surface area contributed by atoms with Crippen molar-refractivity contribution >= 4 is 29.6 Å². The van der Waals surface area contributed by atoms with Crippen LogP contribution in [0.1, 0.15) is 96.0 Å². The monoisotopic (exact) mass is 685 g/mol. The van der Waals surface area contributed by atoms with Crippen molar-refractivity contribution in [1.82, 2.24) is 5.32 Å². The number of aliphatic carboxylic acids is 3. The third-order valence-corrected chi connectivity index (χ3v) is 8.08. The minimum absolute atomic E-state index is 0.222. The van der Waals surface area contributed by atoms with Gasteiger partial charge >= 0.3 is 17.9 Å². The zero-order valence-corrected chi connectivity index (χ0v) is 27.9. The maximum atomic E-state index is 13.3. The first-order valence-corrected chi connectivity index (χ1v) is 16.8. The molecule has 11 nitrogen and oxygen atoms in total. The Morgan fingerprint density at radius 3 is 1.90 bits per heavy atom. The fourth-order valence-electron chi connectivity index (χ4n) is 5.26. The van der Waals surface area contributed by atoms with Crippen LogP contribution in [0.4, 0.5) is 4.39 Å². The number of hydrogen-bond donors (Lipinski definition) is 5. The van der Waals surface area contributed by atoms with Gasteiger partial charge in [0.15, 0.2) is 5.60 Å². The summed E-state index contributed by atoms with van der Waals surface area (Å²) in [5.41, 5.74) is -2.58. The summed E-state index contributed by atoms with van der Waals surface area (Å²) in [4.78, 5) is 61.0. The molecule has 2 rings (SSSR count).